The summed E-state index contributed by atoms with van der Waals surface area (Å²) >= 11 is 0. The van der Waals surface area contributed by atoms with Gasteiger partial charge in [0.25, 0.3) is 0 Å². The molecule has 1 spiro atoms. The summed E-state index contributed by atoms with van der Waals surface area (Å²) in [7, 11) is 0. The van der Waals surface area contributed by atoms with E-state index in [1.807, 2.05) is 25.1 Å². The first-order chi connectivity index (χ1) is 11.1. The third kappa shape index (κ3) is 1.49. The van der Waals surface area contributed by atoms with Gasteiger partial charge in [0, 0.05) is 23.4 Å². The van der Waals surface area contributed by atoms with Crippen molar-refractivity contribution in [1.29, 1.82) is 5.26 Å². The van der Waals surface area contributed by atoms with E-state index in [1.54, 1.807) is 0 Å². The molecule has 3 heterocycles. The van der Waals surface area contributed by atoms with Crippen molar-refractivity contribution in [2.24, 2.45) is 5.73 Å². The number of rotatable bonds is 1. The van der Waals surface area contributed by atoms with E-state index >= 15 is 0 Å². The van der Waals surface area contributed by atoms with Gasteiger partial charge in [-0.15, -0.1) is 0 Å². The molecule has 4 rings (SSSR count). The molecule has 0 unspecified atom stereocenters. The number of hydrogen-bond donors (Lipinski definition) is 3. The van der Waals surface area contributed by atoms with Crippen molar-refractivity contribution in [2.45, 2.75) is 25.2 Å². The summed E-state index contributed by atoms with van der Waals surface area (Å²) in [6.07, 6.45) is 1.43. The number of carbonyl (C=O) groups excluding carboxylic acids is 1. The van der Waals surface area contributed by atoms with Crippen molar-refractivity contribution in [1.82, 2.24) is 5.32 Å². The molecular weight excluding hydrogens is 292 g/mol. The van der Waals surface area contributed by atoms with Gasteiger partial charge in [0.1, 0.15) is 17.1 Å². The summed E-state index contributed by atoms with van der Waals surface area (Å²) in [5, 5.41) is 15.8. The molecule has 0 saturated heterocycles. The van der Waals surface area contributed by atoms with Crippen LogP contribution in [-0.4, -0.2) is 12.5 Å². The average molecular weight is 308 g/mol. The first-order valence-electron chi connectivity index (χ1n) is 7.64. The molecule has 6 heteroatoms. The number of carbonyl (C=O) groups is 1. The third-order valence-electron chi connectivity index (χ3n) is 4.85. The Morgan fingerprint density at radius 2 is 2.30 bits per heavy atom. The van der Waals surface area contributed by atoms with Crippen LogP contribution in [0.2, 0.25) is 0 Å². The van der Waals surface area contributed by atoms with Gasteiger partial charge in [0.05, 0.1) is 0 Å². The summed E-state index contributed by atoms with van der Waals surface area (Å²) in [5.74, 6) is 0.268. The predicted octanol–water partition coefficient (Wildman–Crippen LogP) is 1.37. The Bertz CT molecular complexity index is 847. The van der Waals surface area contributed by atoms with Crippen LogP contribution in [0.4, 0.5) is 5.69 Å². The van der Waals surface area contributed by atoms with Crippen molar-refractivity contribution in [2.75, 3.05) is 11.9 Å². The number of fused-ring (bicyclic) bond motifs is 3. The third-order valence-corrected chi connectivity index (χ3v) is 4.85. The smallest absolute Gasteiger partial charge is 0.244 e. The standard InChI is InChI=1S/C17H16N4O2/c1-2-9-4-3-5-10-13(9)21-16(22)17(10)11-6-7-20-15(11)23-14(19)12(17)8-18/h3-5,20H,2,6-7,19H2,1H3,(H,21,22)/t17-/m0/s1. The number of aryl methyl sites for hydroxylation is 1. The van der Waals surface area contributed by atoms with Gasteiger partial charge in [0.15, 0.2) is 5.88 Å². The van der Waals surface area contributed by atoms with Crippen LogP contribution in [0, 0.1) is 11.3 Å². The Balaban J connectivity index is 2.09. The molecule has 3 aliphatic heterocycles. The van der Waals surface area contributed by atoms with E-state index in [9.17, 15) is 10.1 Å². The summed E-state index contributed by atoms with van der Waals surface area (Å²) < 4.78 is 5.54. The molecule has 1 atom stereocenters. The second-order valence-electron chi connectivity index (χ2n) is 5.83. The fourth-order valence-electron chi connectivity index (χ4n) is 3.84. The molecule has 0 saturated carbocycles. The number of benzene rings is 1. The van der Waals surface area contributed by atoms with E-state index in [0.717, 1.165) is 28.8 Å². The molecule has 4 N–H and O–H groups in total. The second kappa shape index (κ2) is 4.53. The first kappa shape index (κ1) is 13.7. The van der Waals surface area contributed by atoms with Gasteiger partial charge in [-0.1, -0.05) is 25.1 Å². The molecule has 1 aromatic carbocycles. The fraction of sp³-hybridized carbons (Fsp3) is 0.294. The minimum absolute atomic E-state index is 0.00875. The van der Waals surface area contributed by atoms with Gasteiger partial charge in [0.2, 0.25) is 11.8 Å². The highest BCUT2D eigenvalue weighted by Crippen LogP contribution is 2.53. The Labute approximate surface area is 133 Å². The lowest BCUT2D eigenvalue weighted by atomic mass is 9.68. The van der Waals surface area contributed by atoms with Crippen LogP contribution in [0.3, 0.4) is 0 Å². The van der Waals surface area contributed by atoms with Crippen LogP contribution < -0.4 is 16.4 Å². The molecular formula is C17H16N4O2. The number of nitrogens with two attached hydrogens (primary N) is 1. The van der Waals surface area contributed by atoms with Crippen LogP contribution in [0.25, 0.3) is 0 Å². The highest BCUT2D eigenvalue weighted by Gasteiger charge is 2.58. The number of nitriles is 1. The topological polar surface area (TPSA) is 100 Å². The fourth-order valence-corrected chi connectivity index (χ4v) is 3.84. The van der Waals surface area contributed by atoms with E-state index in [4.69, 9.17) is 10.5 Å². The van der Waals surface area contributed by atoms with E-state index < -0.39 is 5.41 Å². The van der Waals surface area contributed by atoms with Crippen LogP contribution in [0.5, 0.6) is 0 Å². The maximum absolute atomic E-state index is 13.1. The number of ether oxygens (including phenoxy) is 1. The molecule has 0 aliphatic carbocycles. The molecule has 1 aromatic rings. The van der Waals surface area contributed by atoms with Gasteiger partial charge >= 0.3 is 0 Å². The van der Waals surface area contributed by atoms with Crippen LogP contribution in [0.15, 0.2) is 41.1 Å². The lowest BCUT2D eigenvalue weighted by Crippen LogP contribution is -2.42. The minimum atomic E-state index is -1.17. The van der Waals surface area contributed by atoms with Crippen LogP contribution in [-0.2, 0) is 21.4 Å². The lowest BCUT2D eigenvalue weighted by molar-refractivity contribution is -0.118. The van der Waals surface area contributed by atoms with E-state index in [2.05, 4.69) is 16.7 Å². The Hall–Kier alpha value is -2.94. The Morgan fingerprint density at radius 3 is 3.04 bits per heavy atom. The summed E-state index contributed by atoms with van der Waals surface area (Å²) in [6.45, 7) is 2.70. The van der Waals surface area contributed by atoms with Crippen molar-refractivity contribution < 1.29 is 9.53 Å². The van der Waals surface area contributed by atoms with Crippen molar-refractivity contribution in [3.05, 3.63) is 52.2 Å². The number of para-hydroxylation sites is 1. The molecule has 0 radical (unpaired) electrons. The van der Waals surface area contributed by atoms with Gasteiger partial charge in [-0.2, -0.15) is 5.26 Å². The quantitative estimate of drug-likeness (QED) is 0.727. The van der Waals surface area contributed by atoms with Gasteiger partial charge in [-0.05, 0) is 18.4 Å². The van der Waals surface area contributed by atoms with Crippen LogP contribution >= 0.6 is 0 Å². The number of hydrogen-bond acceptors (Lipinski definition) is 5. The summed E-state index contributed by atoms with van der Waals surface area (Å²) in [4.78, 5) is 13.1. The largest absolute Gasteiger partial charge is 0.425 e. The zero-order valence-corrected chi connectivity index (χ0v) is 12.7. The van der Waals surface area contributed by atoms with Gasteiger partial charge in [-0.3, -0.25) is 4.79 Å². The van der Waals surface area contributed by atoms with Crippen molar-refractivity contribution >= 4 is 11.6 Å². The molecule has 3 aliphatic rings. The van der Waals surface area contributed by atoms with Gasteiger partial charge < -0.3 is 21.1 Å². The van der Waals surface area contributed by atoms with E-state index in [-0.39, 0.29) is 17.4 Å². The van der Waals surface area contributed by atoms with Crippen molar-refractivity contribution in [3.63, 3.8) is 0 Å². The molecule has 23 heavy (non-hydrogen) atoms. The van der Waals surface area contributed by atoms with Crippen LogP contribution in [0.1, 0.15) is 24.5 Å². The zero-order chi connectivity index (χ0) is 16.2. The average Bonchev–Trinajstić information content (AvgIpc) is 3.11. The number of nitrogens with one attached hydrogen (secondary N) is 2. The first-order valence-corrected chi connectivity index (χ1v) is 7.64. The lowest BCUT2D eigenvalue weighted by Gasteiger charge is -2.33. The predicted molar refractivity (Wildman–Crippen MR) is 83.7 cm³/mol. The van der Waals surface area contributed by atoms with E-state index in [1.165, 1.54) is 0 Å². The number of amides is 1. The maximum Gasteiger partial charge on any atom is 0.244 e. The number of anilines is 1. The van der Waals surface area contributed by atoms with Gasteiger partial charge in [-0.25, -0.2) is 0 Å². The molecule has 1 amide bonds. The zero-order valence-electron chi connectivity index (χ0n) is 12.7. The molecule has 0 aromatic heterocycles. The summed E-state index contributed by atoms with van der Waals surface area (Å²) in [6, 6.07) is 7.91. The monoisotopic (exact) mass is 308 g/mol. The number of nitrogens with zero attached hydrogens (tertiary/aromatic N) is 1. The Morgan fingerprint density at radius 1 is 1.48 bits per heavy atom. The highest BCUT2D eigenvalue weighted by molar-refractivity contribution is 6.12. The molecule has 0 fully saturated rings. The molecule has 0 bridgehead atoms. The normalized spacial score (nSPS) is 24.8. The maximum atomic E-state index is 13.1. The molecule has 116 valence electrons. The minimum Gasteiger partial charge on any atom is -0.425 e. The summed E-state index contributed by atoms with van der Waals surface area (Å²) in [5.41, 5.74) is 8.39. The SMILES string of the molecule is CCc1cccc2c1NC(=O)[C@@]21C(C#N)=C(N)OC2=C1CCN2. The highest BCUT2D eigenvalue weighted by atomic mass is 16.5. The van der Waals surface area contributed by atoms with Crippen molar-refractivity contribution in [3.8, 4) is 6.07 Å². The Kier molecular flexibility index (Phi) is 2.70. The molecule has 6 nitrogen and oxygen atoms in total. The van der Waals surface area contributed by atoms with E-state index in [0.29, 0.717) is 18.8 Å². The second-order valence-corrected chi connectivity index (χ2v) is 5.83.